The number of aliphatic hydroxyl groups is 2. The molecule has 4 fully saturated rings. The molecule has 1 unspecified atom stereocenters. The number of aliphatic hydroxyl groups excluding tert-OH is 1. The average Bonchev–Trinajstić information content (AvgIpc) is 2.96. The van der Waals surface area contributed by atoms with Crippen LogP contribution in [0.2, 0.25) is 0 Å². The smallest absolute Gasteiger partial charge is 0.316 e. The van der Waals surface area contributed by atoms with E-state index in [9.17, 15) is 19.8 Å². The topological polar surface area (TPSA) is 127 Å². The van der Waals surface area contributed by atoms with Crippen molar-refractivity contribution < 1.29 is 43.5 Å². The first-order chi connectivity index (χ1) is 20.8. The molecule has 0 aliphatic carbocycles. The van der Waals surface area contributed by atoms with Crippen molar-refractivity contribution in [2.24, 2.45) is 23.7 Å². The fraction of sp³-hybridized carbons (Fsp3) is 0.941. The molecule has 4 saturated heterocycles. The molecule has 14 atom stereocenters. The Labute approximate surface area is 271 Å². The van der Waals surface area contributed by atoms with E-state index in [0.29, 0.717) is 39.0 Å². The molecule has 45 heavy (non-hydrogen) atoms. The summed E-state index contributed by atoms with van der Waals surface area (Å²) in [6.45, 7) is 18.1. The maximum absolute atomic E-state index is 14.2. The summed E-state index contributed by atoms with van der Waals surface area (Å²) in [6, 6.07) is -0.236. The first kappa shape index (κ1) is 38.3. The minimum atomic E-state index is -1.51. The van der Waals surface area contributed by atoms with Crippen molar-refractivity contribution in [1.82, 2.24) is 9.80 Å². The average molecular weight is 643 g/mol. The van der Waals surface area contributed by atoms with E-state index < -0.39 is 59.7 Å². The Morgan fingerprint density at radius 2 is 1.71 bits per heavy atom. The zero-order valence-corrected chi connectivity index (χ0v) is 29.8. The Morgan fingerprint density at radius 3 is 2.31 bits per heavy atom. The predicted molar refractivity (Wildman–Crippen MR) is 171 cm³/mol. The van der Waals surface area contributed by atoms with Gasteiger partial charge in [0.2, 0.25) is 0 Å². The number of carbonyl (C=O) groups excluding carboxylic acids is 2. The van der Waals surface area contributed by atoms with Gasteiger partial charge in [0, 0.05) is 30.5 Å². The maximum atomic E-state index is 14.2. The second-order valence-corrected chi connectivity index (χ2v) is 15.1. The quantitative estimate of drug-likeness (QED) is 0.347. The third-order valence-electron chi connectivity index (χ3n) is 10.5. The molecule has 0 saturated carbocycles. The molecular formula is C34H62N2O9. The number of carbonyl (C=O) groups is 2. The lowest BCUT2D eigenvalue weighted by atomic mass is 9.79. The number of rotatable bonds is 4. The van der Waals surface area contributed by atoms with E-state index >= 15 is 0 Å². The SMILES string of the molecule is CC[C@H]1OC(=O)[C@H](C)C(=O)[C@H](C)[C@@H](O[C@@H]2O[C@H](C)C[C@H](N(C)C)[C@H]2O)[C@@]2(C)C[C@@H](C)N(C)C[C@H](C)[C@@H](OCC(C)CO2)[C@]1(C)O. The zero-order chi connectivity index (χ0) is 34.0. The van der Waals surface area contributed by atoms with Crippen LogP contribution in [0, 0.1) is 23.7 Å². The number of esters is 1. The van der Waals surface area contributed by atoms with Crippen LogP contribution < -0.4 is 0 Å². The maximum Gasteiger partial charge on any atom is 0.316 e. The van der Waals surface area contributed by atoms with Crippen LogP contribution in [0.1, 0.15) is 81.6 Å². The number of nitrogens with zero attached hydrogens (tertiary/aromatic N) is 2. The number of Topliss-reactive ketones (excluding diaryl/α,β-unsaturated/α-hetero) is 1. The molecular weight excluding hydrogens is 580 g/mol. The molecule has 2 bridgehead atoms. The van der Waals surface area contributed by atoms with Gasteiger partial charge in [-0.05, 0) is 80.9 Å². The summed E-state index contributed by atoms with van der Waals surface area (Å²) in [6.07, 6.45) is -3.09. The van der Waals surface area contributed by atoms with Crippen molar-refractivity contribution in [2.75, 3.05) is 40.9 Å². The summed E-state index contributed by atoms with van der Waals surface area (Å²) in [5.74, 6) is -3.20. The third kappa shape index (κ3) is 8.65. The molecule has 0 radical (unpaired) electrons. The molecule has 0 amide bonds. The van der Waals surface area contributed by atoms with E-state index in [1.54, 1.807) is 20.8 Å². The molecule has 4 rings (SSSR count). The minimum Gasteiger partial charge on any atom is -0.459 e. The Kier molecular flexibility index (Phi) is 13.1. The number of likely N-dealkylation sites (N-methyl/N-ethyl adjacent to an activating group) is 1. The Hall–Kier alpha value is -1.18. The van der Waals surface area contributed by atoms with Crippen LogP contribution in [0.3, 0.4) is 0 Å². The third-order valence-corrected chi connectivity index (χ3v) is 10.5. The van der Waals surface area contributed by atoms with Gasteiger partial charge < -0.3 is 43.7 Å². The second kappa shape index (κ2) is 15.4. The van der Waals surface area contributed by atoms with Gasteiger partial charge in [0.1, 0.15) is 23.7 Å². The van der Waals surface area contributed by atoms with Crippen LogP contribution in [-0.2, 0) is 33.3 Å². The molecule has 0 aromatic rings. The largest absolute Gasteiger partial charge is 0.459 e. The zero-order valence-electron chi connectivity index (χ0n) is 29.8. The van der Waals surface area contributed by atoms with E-state index in [0.717, 1.165) is 0 Å². The van der Waals surface area contributed by atoms with Gasteiger partial charge in [-0.1, -0.05) is 27.7 Å². The lowest BCUT2D eigenvalue weighted by Gasteiger charge is -2.48. The number of hydrogen-bond donors (Lipinski definition) is 2. The van der Waals surface area contributed by atoms with E-state index in [1.165, 1.54) is 0 Å². The van der Waals surface area contributed by atoms with Crippen LogP contribution >= 0.6 is 0 Å². The van der Waals surface area contributed by atoms with Crippen LogP contribution in [0.15, 0.2) is 0 Å². The Morgan fingerprint density at radius 1 is 1.07 bits per heavy atom. The van der Waals surface area contributed by atoms with Crippen LogP contribution in [0.5, 0.6) is 0 Å². The van der Waals surface area contributed by atoms with Crippen LogP contribution in [0.25, 0.3) is 0 Å². The lowest BCUT2D eigenvalue weighted by molar-refractivity contribution is -0.298. The molecule has 4 aliphatic rings. The summed E-state index contributed by atoms with van der Waals surface area (Å²) in [7, 11) is 5.86. The van der Waals surface area contributed by atoms with Crippen molar-refractivity contribution in [3.63, 3.8) is 0 Å². The van der Waals surface area contributed by atoms with E-state index in [2.05, 4.69) is 11.8 Å². The second-order valence-electron chi connectivity index (χ2n) is 15.1. The number of ether oxygens (including phenoxy) is 5. The van der Waals surface area contributed by atoms with E-state index in [4.69, 9.17) is 23.7 Å². The van der Waals surface area contributed by atoms with Gasteiger partial charge in [-0.15, -0.1) is 0 Å². The molecule has 0 aromatic heterocycles. The van der Waals surface area contributed by atoms with Crippen molar-refractivity contribution in [3.05, 3.63) is 0 Å². The van der Waals surface area contributed by atoms with Crippen LogP contribution in [-0.4, -0.2) is 133 Å². The van der Waals surface area contributed by atoms with Crippen molar-refractivity contribution >= 4 is 11.8 Å². The summed E-state index contributed by atoms with van der Waals surface area (Å²) < 4.78 is 32.1. The lowest BCUT2D eigenvalue weighted by Crippen LogP contribution is -2.60. The summed E-state index contributed by atoms with van der Waals surface area (Å²) >= 11 is 0. The molecule has 4 heterocycles. The molecule has 2 N–H and O–H groups in total. The fourth-order valence-corrected chi connectivity index (χ4v) is 7.58. The highest BCUT2D eigenvalue weighted by atomic mass is 16.7. The van der Waals surface area contributed by atoms with E-state index in [1.807, 2.05) is 60.7 Å². The predicted octanol–water partition coefficient (Wildman–Crippen LogP) is 2.88. The summed E-state index contributed by atoms with van der Waals surface area (Å²) in [5, 5.41) is 23.4. The van der Waals surface area contributed by atoms with Gasteiger partial charge in [-0.3, -0.25) is 9.59 Å². The molecule has 262 valence electrons. The highest BCUT2D eigenvalue weighted by Crippen LogP contribution is 2.38. The van der Waals surface area contributed by atoms with Crippen molar-refractivity contribution in [2.45, 2.75) is 142 Å². The van der Waals surface area contributed by atoms with Gasteiger partial charge in [0.05, 0.1) is 37.1 Å². The molecule has 0 aromatic carbocycles. The Balaban J connectivity index is 2.18. The monoisotopic (exact) mass is 642 g/mol. The van der Waals surface area contributed by atoms with Gasteiger partial charge in [-0.25, -0.2) is 0 Å². The standard InChI is InChI=1S/C34H62N2O9/c1-13-26-34(9,40)29-20(3)16-36(12)21(4)15-33(8,42-18-19(2)17-41-29)30(23(6)27(37)24(7)31(39)44-26)45-32-28(38)25(35(10)11)14-22(5)43-32/h19-26,28-30,32,38,40H,13-18H2,1-12H3/t19?,20-,21+,22+,23-,24+,25-,26+,28+,29+,30+,32-,33+,34+/m0/s1. The van der Waals surface area contributed by atoms with Gasteiger partial charge in [0.15, 0.2) is 12.1 Å². The van der Waals surface area contributed by atoms with Gasteiger partial charge in [-0.2, -0.15) is 0 Å². The fourth-order valence-electron chi connectivity index (χ4n) is 7.58. The summed E-state index contributed by atoms with van der Waals surface area (Å²) in [5.41, 5.74) is -2.53. The molecule has 11 nitrogen and oxygen atoms in total. The van der Waals surface area contributed by atoms with Gasteiger partial charge in [0.25, 0.3) is 0 Å². The number of hydrogen-bond acceptors (Lipinski definition) is 11. The number of fused-ring (bicyclic) bond motifs is 15. The van der Waals surface area contributed by atoms with Crippen molar-refractivity contribution in [1.29, 1.82) is 0 Å². The normalized spacial score (nSPS) is 46.9. The molecule has 4 aliphatic heterocycles. The van der Waals surface area contributed by atoms with Gasteiger partial charge >= 0.3 is 5.97 Å². The summed E-state index contributed by atoms with van der Waals surface area (Å²) in [4.78, 5) is 31.9. The van der Waals surface area contributed by atoms with E-state index in [-0.39, 0.29) is 35.8 Å². The highest BCUT2D eigenvalue weighted by molar-refractivity contribution is 6.00. The highest BCUT2D eigenvalue weighted by Gasteiger charge is 2.51. The minimum absolute atomic E-state index is 0.0285. The Bertz CT molecular complexity index is 995. The van der Waals surface area contributed by atoms with Crippen LogP contribution in [0.4, 0.5) is 0 Å². The number of ketones is 1. The molecule has 11 heteroatoms. The first-order valence-corrected chi connectivity index (χ1v) is 16.9. The molecule has 0 spiro atoms. The van der Waals surface area contributed by atoms with Crippen molar-refractivity contribution in [3.8, 4) is 0 Å². The first-order valence-electron chi connectivity index (χ1n) is 16.9.